The van der Waals surface area contributed by atoms with Gasteiger partial charge < -0.3 is 14.8 Å². The molecule has 0 saturated heterocycles. The summed E-state index contributed by atoms with van der Waals surface area (Å²) in [5.74, 6) is 0.927. The van der Waals surface area contributed by atoms with Crippen LogP contribution in [0.15, 0.2) is 48.5 Å². The highest BCUT2D eigenvalue weighted by atomic mass is 35.5. The van der Waals surface area contributed by atoms with Crippen LogP contribution in [0.1, 0.15) is 56.2 Å². The highest BCUT2D eigenvalue weighted by molar-refractivity contribution is 6.31. The van der Waals surface area contributed by atoms with E-state index in [0.717, 1.165) is 29.4 Å². The lowest BCUT2D eigenvalue weighted by Crippen LogP contribution is -2.65. The number of halogens is 1. The molecule has 5 rings (SSSR count). The molecule has 1 saturated carbocycles. The van der Waals surface area contributed by atoms with Crippen molar-refractivity contribution in [1.29, 1.82) is 0 Å². The fourth-order valence-electron chi connectivity index (χ4n) is 5.48. The SMILES string of the molecule is C[C@@H]1[C@H](C)CCC[C@@H]1NC(=O)[C@]1(C)Cn2c(nc3ccccc32)C(=O)N1Cc1ccccc1Cl. The van der Waals surface area contributed by atoms with Crippen molar-refractivity contribution in [3.05, 3.63) is 64.9 Å². The van der Waals surface area contributed by atoms with E-state index in [1.807, 2.05) is 60.0 Å². The molecular formula is C27H31ClN4O2. The van der Waals surface area contributed by atoms with Crippen LogP contribution < -0.4 is 5.32 Å². The zero-order valence-corrected chi connectivity index (χ0v) is 20.7. The van der Waals surface area contributed by atoms with Crippen molar-refractivity contribution in [1.82, 2.24) is 19.8 Å². The Balaban J connectivity index is 1.55. The summed E-state index contributed by atoms with van der Waals surface area (Å²) in [5.41, 5.74) is 1.33. The highest BCUT2D eigenvalue weighted by Gasteiger charge is 2.49. The number of imidazole rings is 1. The second-order valence-electron chi connectivity index (χ2n) is 10.1. The van der Waals surface area contributed by atoms with Crippen molar-refractivity contribution >= 4 is 34.4 Å². The van der Waals surface area contributed by atoms with Crippen molar-refractivity contribution in [2.75, 3.05) is 0 Å². The molecule has 0 unspecified atom stereocenters. The maximum atomic E-state index is 14.0. The van der Waals surface area contributed by atoms with Gasteiger partial charge in [0.15, 0.2) is 5.82 Å². The maximum Gasteiger partial charge on any atom is 0.291 e. The Kier molecular flexibility index (Phi) is 5.88. The van der Waals surface area contributed by atoms with Crippen LogP contribution in [-0.2, 0) is 17.9 Å². The molecule has 1 aromatic heterocycles. The van der Waals surface area contributed by atoms with Gasteiger partial charge in [-0.2, -0.15) is 0 Å². The molecule has 34 heavy (non-hydrogen) atoms. The van der Waals surface area contributed by atoms with Gasteiger partial charge in [-0.3, -0.25) is 9.59 Å². The molecule has 4 atom stereocenters. The molecule has 2 amide bonds. The number of amides is 2. The summed E-state index contributed by atoms with van der Waals surface area (Å²) in [7, 11) is 0. The number of rotatable bonds is 4. The molecule has 0 spiro atoms. The number of fused-ring (bicyclic) bond motifs is 3. The average Bonchev–Trinajstić information content (AvgIpc) is 3.19. The summed E-state index contributed by atoms with van der Waals surface area (Å²) >= 11 is 6.46. The molecule has 178 valence electrons. The standard InChI is InChI=1S/C27H31ClN4O2/c1-17-9-8-13-21(18(17)2)30-26(34)27(3)16-31-23-14-7-6-12-22(23)29-24(31)25(33)32(27)15-19-10-4-5-11-20(19)28/h4-7,10-12,14,17-18,21H,8-9,13,15-16H2,1-3H3,(H,30,34)/t17-,18-,21+,27+/m1/s1. The minimum atomic E-state index is -1.09. The first kappa shape index (κ1) is 22.9. The summed E-state index contributed by atoms with van der Waals surface area (Å²) in [6, 6.07) is 15.3. The first-order chi connectivity index (χ1) is 16.3. The smallest absolute Gasteiger partial charge is 0.291 e. The molecule has 0 radical (unpaired) electrons. The molecule has 1 fully saturated rings. The lowest BCUT2D eigenvalue weighted by molar-refractivity contribution is -0.134. The van der Waals surface area contributed by atoms with Gasteiger partial charge in [0.25, 0.3) is 5.91 Å². The third-order valence-corrected chi connectivity index (χ3v) is 8.32. The zero-order valence-electron chi connectivity index (χ0n) is 19.9. The van der Waals surface area contributed by atoms with E-state index >= 15 is 0 Å². The maximum absolute atomic E-state index is 14.0. The quantitative estimate of drug-likeness (QED) is 0.570. The molecule has 1 aliphatic carbocycles. The third kappa shape index (κ3) is 3.78. The molecule has 6 nitrogen and oxygen atoms in total. The van der Waals surface area contributed by atoms with Crippen molar-refractivity contribution in [3.8, 4) is 0 Å². The van der Waals surface area contributed by atoms with Crippen LogP contribution >= 0.6 is 11.6 Å². The second-order valence-corrected chi connectivity index (χ2v) is 10.5. The van der Waals surface area contributed by atoms with Gasteiger partial charge in [0, 0.05) is 17.6 Å². The van der Waals surface area contributed by atoms with E-state index in [0.29, 0.717) is 29.2 Å². The van der Waals surface area contributed by atoms with Crippen LogP contribution in [0, 0.1) is 11.8 Å². The Hall–Kier alpha value is -2.86. The molecule has 1 N–H and O–H groups in total. The number of nitrogens with zero attached hydrogens (tertiary/aromatic N) is 3. The van der Waals surface area contributed by atoms with E-state index in [-0.39, 0.29) is 24.4 Å². The summed E-state index contributed by atoms with van der Waals surface area (Å²) in [4.78, 5) is 34.1. The third-order valence-electron chi connectivity index (χ3n) is 7.95. The van der Waals surface area contributed by atoms with E-state index in [9.17, 15) is 9.59 Å². The number of aromatic nitrogens is 2. The minimum absolute atomic E-state index is 0.103. The van der Waals surface area contributed by atoms with Gasteiger partial charge in [0.1, 0.15) is 5.54 Å². The van der Waals surface area contributed by atoms with Crippen molar-refractivity contribution in [2.45, 2.75) is 64.7 Å². The van der Waals surface area contributed by atoms with Crippen LogP contribution in [0.2, 0.25) is 5.02 Å². The van der Waals surface area contributed by atoms with Crippen LogP contribution in [0.4, 0.5) is 0 Å². The van der Waals surface area contributed by atoms with Crippen LogP contribution in [0.5, 0.6) is 0 Å². The Morgan fingerprint density at radius 1 is 1.15 bits per heavy atom. The molecule has 1 aliphatic heterocycles. The molecule has 2 aromatic carbocycles. The predicted molar refractivity (Wildman–Crippen MR) is 134 cm³/mol. The van der Waals surface area contributed by atoms with Gasteiger partial charge in [0.05, 0.1) is 17.6 Å². The normalized spacial score (nSPS) is 27.0. The summed E-state index contributed by atoms with van der Waals surface area (Å²) < 4.78 is 1.90. The first-order valence-electron chi connectivity index (χ1n) is 12.1. The fraction of sp³-hybridized carbons (Fsp3) is 0.444. The molecule has 7 heteroatoms. The predicted octanol–water partition coefficient (Wildman–Crippen LogP) is 5.05. The van der Waals surface area contributed by atoms with E-state index in [2.05, 4.69) is 24.1 Å². The minimum Gasteiger partial charge on any atom is -0.351 e. The number of hydrogen-bond acceptors (Lipinski definition) is 3. The Bertz CT molecular complexity index is 1250. The van der Waals surface area contributed by atoms with Crippen molar-refractivity contribution < 1.29 is 9.59 Å². The zero-order chi connectivity index (χ0) is 24.0. The summed E-state index contributed by atoms with van der Waals surface area (Å²) in [6.07, 6.45) is 3.25. The molecule has 2 heterocycles. The first-order valence-corrected chi connectivity index (χ1v) is 12.5. The summed E-state index contributed by atoms with van der Waals surface area (Å²) in [5, 5.41) is 3.91. The monoisotopic (exact) mass is 478 g/mol. The molecular weight excluding hydrogens is 448 g/mol. The van der Waals surface area contributed by atoms with E-state index in [1.54, 1.807) is 4.90 Å². The van der Waals surface area contributed by atoms with Gasteiger partial charge >= 0.3 is 0 Å². The Morgan fingerprint density at radius 2 is 1.88 bits per heavy atom. The largest absolute Gasteiger partial charge is 0.351 e. The van der Waals surface area contributed by atoms with E-state index in [1.165, 1.54) is 6.42 Å². The fourth-order valence-corrected chi connectivity index (χ4v) is 5.68. The lowest BCUT2D eigenvalue weighted by atomic mass is 9.77. The molecule has 2 aliphatic rings. The number of hydrogen-bond donors (Lipinski definition) is 1. The Labute approximate surface area is 205 Å². The number of carbonyl (C=O) groups is 2. The molecule has 0 bridgehead atoms. The van der Waals surface area contributed by atoms with E-state index in [4.69, 9.17) is 11.6 Å². The molecule has 3 aromatic rings. The van der Waals surface area contributed by atoms with Gasteiger partial charge in [-0.25, -0.2) is 4.98 Å². The average molecular weight is 479 g/mol. The van der Waals surface area contributed by atoms with Gasteiger partial charge in [0.2, 0.25) is 5.91 Å². The second kappa shape index (κ2) is 8.73. The van der Waals surface area contributed by atoms with E-state index < -0.39 is 5.54 Å². The van der Waals surface area contributed by atoms with Gasteiger partial charge in [-0.15, -0.1) is 0 Å². The topological polar surface area (TPSA) is 67.2 Å². The number of nitrogens with one attached hydrogen (secondary N) is 1. The number of para-hydroxylation sites is 2. The number of benzene rings is 2. The van der Waals surface area contributed by atoms with Crippen molar-refractivity contribution in [3.63, 3.8) is 0 Å². The highest BCUT2D eigenvalue weighted by Crippen LogP contribution is 2.35. The van der Waals surface area contributed by atoms with Crippen LogP contribution in [-0.4, -0.2) is 37.8 Å². The van der Waals surface area contributed by atoms with Gasteiger partial charge in [-0.05, 0) is 48.9 Å². The Morgan fingerprint density at radius 3 is 2.68 bits per heavy atom. The van der Waals surface area contributed by atoms with Crippen LogP contribution in [0.25, 0.3) is 11.0 Å². The van der Waals surface area contributed by atoms with Crippen molar-refractivity contribution in [2.24, 2.45) is 11.8 Å². The lowest BCUT2D eigenvalue weighted by Gasteiger charge is -2.45. The van der Waals surface area contributed by atoms with Crippen LogP contribution in [0.3, 0.4) is 0 Å². The van der Waals surface area contributed by atoms with Gasteiger partial charge in [-0.1, -0.05) is 68.6 Å². The summed E-state index contributed by atoms with van der Waals surface area (Å²) in [6.45, 7) is 6.91. The number of carbonyl (C=O) groups excluding carboxylic acids is 2.